The zero-order valence-corrected chi connectivity index (χ0v) is 11.0. The smallest absolute Gasteiger partial charge is 0.161 e. The zero-order valence-electron chi connectivity index (χ0n) is 11.0. The van der Waals surface area contributed by atoms with Gasteiger partial charge in [-0.25, -0.2) is 0 Å². The van der Waals surface area contributed by atoms with E-state index in [-0.39, 0.29) is 23.7 Å². The van der Waals surface area contributed by atoms with Crippen molar-refractivity contribution in [2.45, 2.75) is 38.7 Å². The lowest BCUT2D eigenvalue weighted by Gasteiger charge is -2.53. The highest BCUT2D eigenvalue weighted by molar-refractivity contribution is 5.96. The van der Waals surface area contributed by atoms with Gasteiger partial charge in [0, 0.05) is 18.6 Å². The Morgan fingerprint density at radius 3 is 2.72 bits per heavy atom. The van der Waals surface area contributed by atoms with Crippen LogP contribution in [0.15, 0.2) is 24.3 Å². The van der Waals surface area contributed by atoms with Crippen LogP contribution in [-0.2, 0) is 4.79 Å². The molecule has 0 heterocycles. The molecular weight excluding hydrogens is 228 g/mol. The van der Waals surface area contributed by atoms with E-state index in [4.69, 9.17) is 0 Å². The van der Waals surface area contributed by atoms with Crippen LogP contribution in [0.2, 0.25) is 0 Å². The second kappa shape index (κ2) is 4.63. The molecule has 2 saturated carbocycles. The number of allylic oxidation sites excluding steroid dienone is 1. The second-order valence-corrected chi connectivity index (χ2v) is 6.09. The van der Waals surface area contributed by atoms with E-state index in [2.05, 4.69) is 13.2 Å². The number of fused-ring (bicyclic) bond motifs is 1. The van der Waals surface area contributed by atoms with Gasteiger partial charge in [-0.3, -0.25) is 4.79 Å². The van der Waals surface area contributed by atoms with Crippen molar-refractivity contribution in [2.75, 3.05) is 6.61 Å². The molecule has 0 radical (unpaired) electrons. The summed E-state index contributed by atoms with van der Waals surface area (Å²) in [6, 6.07) is 0. The maximum Gasteiger partial charge on any atom is 0.161 e. The molecule has 100 valence electrons. The molecule has 3 nitrogen and oxygen atoms in total. The van der Waals surface area contributed by atoms with Gasteiger partial charge in [-0.2, -0.15) is 0 Å². The van der Waals surface area contributed by atoms with Crippen molar-refractivity contribution in [3.63, 3.8) is 0 Å². The first-order valence-corrected chi connectivity index (χ1v) is 6.57. The molecule has 2 aliphatic rings. The molecule has 1 unspecified atom stereocenters. The van der Waals surface area contributed by atoms with Gasteiger partial charge in [-0.1, -0.05) is 25.7 Å². The van der Waals surface area contributed by atoms with E-state index < -0.39 is 6.10 Å². The van der Waals surface area contributed by atoms with Crippen LogP contribution in [0.25, 0.3) is 0 Å². The molecule has 0 amide bonds. The third-order valence-electron chi connectivity index (χ3n) is 4.86. The highest BCUT2D eigenvalue weighted by Crippen LogP contribution is 2.56. The molecular formula is C15H22O3. The van der Waals surface area contributed by atoms with E-state index in [1.54, 1.807) is 0 Å². The summed E-state index contributed by atoms with van der Waals surface area (Å²) in [4.78, 5) is 12.1. The Hall–Kier alpha value is -0.930. The van der Waals surface area contributed by atoms with Gasteiger partial charge in [0.15, 0.2) is 5.78 Å². The molecule has 0 aromatic carbocycles. The Balaban J connectivity index is 2.24. The summed E-state index contributed by atoms with van der Waals surface area (Å²) in [6.45, 7) is 9.92. The van der Waals surface area contributed by atoms with E-state index in [0.29, 0.717) is 24.3 Å². The first-order valence-electron chi connectivity index (χ1n) is 6.57. The fourth-order valence-corrected chi connectivity index (χ4v) is 3.32. The molecule has 2 fully saturated rings. The van der Waals surface area contributed by atoms with Gasteiger partial charge in [-0.05, 0) is 36.5 Å². The van der Waals surface area contributed by atoms with Gasteiger partial charge in [0.2, 0.25) is 0 Å². The van der Waals surface area contributed by atoms with Crippen molar-refractivity contribution in [3.8, 4) is 0 Å². The third-order valence-corrected chi connectivity index (χ3v) is 4.86. The molecule has 0 aromatic rings. The minimum atomic E-state index is -0.743. The molecule has 4 atom stereocenters. The number of Topliss-reactive ketones (excluding diaryl/α,β-unsaturated/α-hetero) is 1. The van der Waals surface area contributed by atoms with Crippen LogP contribution >= 0.6 is 0 Å². The van der Waals surface area contributed by atoms with Crippen molar-refractivity contribution in [3.05, 3.63) is 24.3 Å². The number of hydrogen-bond acceptors (Lipinski definition) is 3. The SMILES string of the molecule is C=C1CC[C@H](O)C(=C)C(=O)CC2[C@@H]1C[C@]2(C)CO. The largest absolute Gasteiger partial charge is 0.396 e. The van der Waals surface area contributed by atoms with Crippen LogP contribution in [0.4, 0.5) is 0 Å². The molecule has 2 aliphatic carbocycles. The predicted octanol–water partition coefficient (Wildman–Crippen LogP) is 1.85. The number of carbonyl (C=O) groups excluding carboxylic acids is 1. The first-order chi connectivity index (χ1) is 8.39. The van der Waals surface area contributed by atoms with E-state index in [9.17, 15) is 15.0 Å². The van der Waals surface area contributed by atoms with Crippen molar-refractivity contribution >= 4 is 5.78 Å². The Labute approximate surface area is 108 Å². The number of carbonyl (C=O) groups is 1. The summed E-state index contributed by atoms with van der Waals surface area (Å²) >= 11 is 0. The van der Waals surface area contributed by atoms with Crippen LogP contribution in [0.5, 0.6) is 0 Å². The summed E-state index contributed by atoms with van der Waals surface area (Å²) < 4.78 is 0. The minimum Gasteiger partial charge on any atom is -0.396 e. The topological polar surface area (TPSA) is 57.5 Å². The van der Waals surface area contributed by atoms with Gasteiger partial charge in [0.25, 0.3) is 0 Å². The second-order valence-electron chi connectivity index (χ2n) is 6.09. The first kappa shape index (κ1) is 13.5. The summed E-state index contributed by atoms with van der Waals surface area (Å²) in [5.74, 6) is 0.389. The number of rotatable bonds is 1. The predicted molar refractivity (Wildman–Crippen MR) is 69.9 cm³/mol. The van der Waals surface area contributed by atoms with Crippen molar-refractivity contribution in [1.29, 1.82) is 0 Å². The van der Waals surface area contributed by atoms with Gasteiger partial charge >= 0.3 is 0 Å². The fourth-order valence-electron chi connectivity index (χ4n) is 3.32. The van der Waals surface area contributed by atoms with E-state index in [1.165, 1.54) is 0 Å². The molecule has 18 heavy (non-hydrogen) atoms. The van der Waals surface area contributed by atoms with Gasteiger partial charge in [0.05, 0.1) is 6.10 Å². The molecule has 0 bridgehead atoms. The summed E-state index contributed by atoms with van der Waals surface area (Å²) in [7, 11) is 0. The Bertz CT molecular complexity index is 399. The molecule has 2 rings (SSSR count). The highest BCUT2D eigenvalue weighted by Gasteiger charge is 2.51. The lowest BCUT2D eigenvalue weighted by molar-refractivity contribution is -0.123. The van der Waals surface area contributed by atoms with E-state index >= 15 is 0 Å². The standard InChI is InChI=1S/C15H22O3/c1-9-4-5-13(17)10(2)14(18)6-12-11(9)7-15(12,3)8-16/h11-13,16-17H,1-2,4-8H2,3H3/t11-,12?,13+,15-/m1/s1. The number of aliphatic hydroxyl groups excluding tert-OH is 2. The van der Waals surface area contributed by atoms with Gasteiger partial charge in [-0.15, -0.1) is 0 Å². The lowest BCUT2D eigenvalue weighted by Crippen LogP contribution is -2.49. The quantitative estimate of drug-likeness (QED) is 0.551. The normalized spacial score (nSPS) is 41.5. The summed E-state index contributed by atoms with van der Waals surface area (Å²) in [5.41, 5.74) is 1.24. The van der Waals surface area contributed by atoms with Gasteiger partial charge in [0.1, 0.15) is 0 Å². The number of ketones is 1. The molecule has 0 aliphatic heterocycles. The average molecular weight is 250 g/mol. The maximum atomic E-state index is 12.1. The van der Waals surface area contributed by atoms with Crippen LogP contribution in [0, 0.1) is 17.3 Å². The van der Waals surface area contributed by atoms with Crippen LogP contribution in [-0.4, -0.2) is 28.7 Å². The van der Waals surface area contributed by atoms with Crippen molar-refractivity contribution in [1.82, 2.24) is 0 Å². The molecule has 2 N–H and O–H groups in total. The zero-order chi connectivity index (χ0) is 13.5. The van der Waals surface area contributed by atoms with Crippen LogP contribution < -0.4 is 0 Å². The monoisotopic (exact) mass is 250 g/mol. The van der Waals surface area contributed by atoms with E-state index in [1.807, 2.05) is 6.92 Å². The van der Waals surface area contributed by atoms with Crippen molar-refractivity contribution < 1.29 is 15.0 Å². The lowest BCUT2D eigenvalue weighted by atomic mass is 9.51. The summed E-state index contributed by atoms with van der Waals surface area (Å²) in [6.07, 6.45) is 1.78. The van der Waals surface area contributed by atoms with Crippen LogP contribution in [0.1, 0.15) is 32.6 Å². The maximum absolute atomic E-state index is 12.1. The Kier molecular flexibility index (Phi) is 3.47. The molecule has 0 spiro atoms. The minimum absolute atomic E-state index is 0.0634. The Morgan fingerprint density at radius 1 is 1.44 bits per heavy atom. The van der Waals surface area contributed by atoms with Gasteiger partial charge < -0.3 is 10.2 Å². The Morgan fingerprint density at radius 2 is 2.11 bits per heavy atom. The fraction of sp³-hybridized carbons (Fsp3) is 0.667. The average Bonchev–Trinajstić information content (AvgIpc) is 2.38. The molecule has 3 heteroatoms. The highest BCUT2D eigenvalue weighted by atomic mass is 16.3. The van der Waals surface area contributed by atoms with Crippen LogP contribution in [0.3, 0.4) is 0 Å². The molecule has 0 aromatic heterocycles. The third kappa shape index (κ3) is 2.06. The number of hydrogen-bond donors (Lipinski definition) is 2. The number of aliphatic hydroxyl groups is 2. The van der Waals surface area contributed by atoms with E-state index in [0.717, 1.165) is 18.4 Å². The summed E-state index contributed by atoms with van der Waals surface area (Å²) in [5, 5.41) is 19.4. The molecule has 0 saturated heterocycles. The van der Waals surface area contributed by atoms with Crippen molar-refractivity contribution in [2.24, 2.45) is 17.3 Å².